The van der Waals surface area contributed by atoms with Crippen LogP contribution in [0.25, 0.3) is 0 Å². The number of benzene rings is 2. The first-order valence-corrected chi connectivity index (χ1v) is 5.87. The van der Waals surface area contributed by atoms with Gasteiger partial charge in [0.05, 0.1) is 12.1 Å². The number of hydrogen-bond acceptors (Lipinski definition) is 2. The number of halogens is 1. The number of anilines is 1. The Morgan fingerprint density at radius 1 is 1.00 bits per heavy atom. The molecule has 0 aliphatic carbocycles. The lowest BCUT2D eigenvalue weighted by Gasteiger charge is -2.26. The lowest BCUT2D eigenvalue weighted by Crippen LogP contribution is -2.42. The monoisotopic (exact) mass is 255 g/mol. The second-order valence-electron chi connectivity index (χ2n) is 4.35. The highest BCUT2D eigenvalue weighted by molar-refractivity contribution is 6.24. The number of carbonyl (C=O) groups excluding carboxylic acids is 2. The van der Waals surface area contributed by atoms with Crippen molar-refractivity contribution in [3.63, 3.8) is 0 Å². The van der Waals surface area contributed by atoms with Gasteiger partial charge < -0.3 is 0 Å². The van der Waals surface area contributed by atoms with Crippen LogP contribution in [0.4, 0.5) is 10.1 Å². The van der Waals surface area contributed by atoms with Crippen LogP contribution in [0.15, 0.2) is 48.5 Å². The predicted octanol–water partition coefficient (Wildman–Crippen LogP) is 2.56. The van der Waals surface area contributed by atoms with Crippen molar-refractivity contribution in [2.24, 2.45) is 0 Å². The molecule has 0 fully saturated rings. The number of nitrogens with zero attached hydrogens (tertiary/aromatic N) is 1. The summed E-state index contributed by atoms with van der Waals surface area (Å²) in [5.74, 6) is -1.25. The number of amides is 2. The maximum absolute atomic E-state index is 13.2. The van der Waals surface area contributed by atoms with Crippen LogP contribution in [-0.4, -0.2) is 11.8 Å². The van der Waals surface area contributed by atoms with Crippen LogP contribution in [0.3, 0.4) is 0 Å². The van der Waals surface area contributed by atoms with Crippen molar-refractivity contribution in [3.8, 4) is 0 Å². The van der Waals surface area contributed by atoms with Crippen LogP contribution in [0.1, 0.15) is 15.9 Å². The summed E-state index contributed by atoms with van der Waals surface area (Å²) >= 11 is 0. The largest absolute Gasteiger partial charge is 0.274 e. The van der Waals surface area contributed by atoms with E-state index in [0.29, 0.717) is 11.3 Å². The van der Waals surface area contributed by atoms with Gasteiger partial charge in [0, 0.05) is 5.56 Å². The van der Waals surface area contributed by atoms with E-state index in [1.165, 1.54) is 18.2 Å². The first-order valence-electron chi connectivity index (χ1n) is 5.87. The smallest absolute Gasteiger partial charge is 0.265 e. The maximum atomic E-state index is 13.2. The van der Waals surface area contributed by atoms with E-state index < -0.39 is 11.7 Å². The third-order valence-corrected chi connectivity index (χ3v) is 3.11. The zero-order valence-corrected chi connectivity index (χ0v) is 9.97. The van der Waals surface area contributed by atoms with Crippen LogP contribution in [0.2, 0.25) is 0 Å². The minimum absolute atomic E-state index is 0.107. The van der Waals surface area contributed by atoms with Gasteiger partial charge in [-0.05, 0) is 29.8 Å². The fourth-order valence-electron chi connectivity index (χ4n) is 2.22. The standard InChI is InChI=1S/C15H10FNO2/c16-11-7-6-10-8-14(18)17(15(19)13(10)9-11)12-4-2-1-3-5-12/h1-7,9H,8H2. The summed E-state index contributed by atoms with van der Waals surface area (Å²) in [5.41, 5.74) is 1.33. The highest BCUT2D eigenvalue weighted by Gasteiger charge is 2.32. The molecule has 1 aliphatic rings. The van der Waals surface area contributed by atoms with Gasteiger partial charge in [-0.3, -0.25) is 9.59 Å². The van der Waals surface area contributed by atoms with Gasteiger partial charge in [0.1, 0.15) is 5.82 Å². The summed E-state index contributed by atoms with van der Waals surface area (Å²) in [7, 11) is 0. The van der Waals surface area contributed by atoms with E-state index in [1.54, 1.807) is 30.3 Å². The lowest BCUT2D eigenvalue weighted by atomic mass is 9.98. The molecule has 1 heterocycles. The molecule has 0 saturated carbocycles. The molecule has 2 amide bonds. The SMILES string of the molecule is O=C1Cc2ccc(F)cc2C(=O)N1c1ccccc1. The first-order chi connectivity index (χ1) is 9.16. The van der Waals surface area contributed by atoms with Crippen molar-refractivity contribution in [1.82, 2.24) is 0 Å². The normalized spacial score (nSPS) is 14.5. The number of rotatable bonds is 1. The second-order valence-corrected chi connectivity index (χ2v) is 4.35. The summed E-state index contributed by atoms with van der Waals surface area (Å²) in [6, 6.07) is 12.6. The average molecular weight is 255 g/mol. The second kappa shape index (κ2) is 4.31. The molecule has 94 valence electrons. The van der Waals surface area contributed by atoms with E-state index in [1.807, 2.05) is 0 Å². The van der Waals surface area contributed by atoms with Gasteiger partial charge in [0.25, 0.3) is 5.91 Å². The summed E-state index contributed by atoms with van der Waals surface area (Å²) in [5, 5.41) is 0. The third kappa shape index (κ3) is 1.91. The van der Waals surface area contributed by atoms with Crippen LogP contribution in [0.5, 0.6) is 0 Å². The zero-order valence-electron chi connectivity index (χ0n) is 9.97. The Labute approximate surface area is 109 Å². The number of imide groups is 1. The predicted molar refractivity (Wildman–Crippen MR) is 68.4 cm³/mol. The minimum atomic E-state index is -0.477. The molecular formula is C15H10FNO2. The van der Waals surface area contributed by atoms with Gasteiger partial charge in [0.15, 0.2) is 0 Å². The fourth-order valence-corrected chi connectivity index (χ4v) is 2.22. The van der Waals surface area contributed by atoms with E-state index in [2.05, 4.69) is 0 Å². The van der Waals surface area contributed by atoms with Crippen LogP contribution in [-0.2, 0) is 11.2 Å². The van der Waals surface area contributed by atoms with Crippen molar-refractivity contribution >= 4 is 17.5 Å². The Hall–Kier alpha value is -2.49. The first kappa shape index (κ1) is 11.6. The molecule has 0 N–H and O–H groups in total. The van der Waals surface area contributed by atoms with Crippen LogP contribution < -0.4 is 4.90 Å². The lowest BCUT2D eigenvalue weighted by molar-refractivity contribution is -0.117. The van der Waals surface area contributed by atoms with Crippen molar-refractivity contribution in [2.75, 3.05) is 4.90 Å². The molecule has 1 aliphatic heterocycles. The molecule has 3 nitrogen and oxygen atoms in total. The minimum Gasteiger partial charge on any atom is -0.274 e. The molecule has 0 bridgehead atoms. The number of para-hydroxylation sites is 1. The zero-order chi connectivity index (χ0) is 13.4. The molecule has 4 heteroatoms. The van der Waals surface area contributed by atoms with E-state index in [0.717, 1.165) is 4.90 Å². The molecule has 0 saturated heterocycles. The third-order valence-electron chi connectivity index (χ3n) is 3.11. The topological polar surface area (TPSA) is 37.4 Å². The molecule has 2 aromatic carbocycles. The Morgan fingerprint density at radius 3 is 2.47 bits per heavy atom. The van der Waals surface area contributed by atoms with E-state index >= 15 is 0 Å². The summed E-state index contributed by atoms with van der Waals surface area (Å²) in [6.07, 6.45) is 0.107. The van der Waals surface area contributed by atoms with Crippen LogP contribution >= 0.6 is 0 Å². The van der Waals surface area contributed by atoms with Crippen molar-refractivity contribution < 1.29 is 14.0 Å². The molecule has 0 spiro atoms. The number of fused-ring (bicyclic) bond motifs is 1. The molecule has 19 heavy (non-hydrogen) atoms. The summed E-state index contributed by atoms with van der Waals surface area (Å²) < 4.78 is 13.2. The molecule has 0 atom stereocenters. The Kier molecular flexibility index (Phi) is 2.63. The molecule has 3 rings (SSSR count). The summed E-state index contributed by atoms with van der Waals surface area (Å²) in [4.78, 5) is 25.5. The van der Waals surface area contributed by atoms with Gasteiger partial charge in [-0.2, -0.15) is 0 Å². The van der Waals surface area contributed by atoms with Crippen molar-refractivity contribution in [2.45, 2.75) is 6.42 Å². The Balaban J connectivity index is 2.10. The summed E-state index contributed by atoms with van der Waals surface area (Å²) in [6.45, 7) is 0. The Bertz CT molecular complexity index is 667. The highest BCUT2D eigenvalue weighted by atomic mass is 19.1. The van der Waals surface area contributed by atoms with E-state index in [9.17, 15) is 14.0 Å². The van der Waals surface area contributed by atoms with E-state index in [-0.39, 0.29) is 17.9 Å². The van der Waals surface area contributed by atoms with E-state index in [4.69, 9.17) is 0 Å². The van der Waals surface area contributed by atoms with Gasteiger partial charge in [-0.25, -0.2) is 9.29 Å². The quantitative estimate of drug-likeness (QED) is 0.734. The average Bonchev–Trinajstić information content (AvgIpc) is 2.41. The van der Waals surface area contributed by atoms with Crippen molar-refractivity contribution in [3.05, 3.63) is 65.5 Å². The molecular weight excluding hydrogens is 245 g/mol. The maximum Gasteiger partial charge on any atom is 0.265 e. The van der Waals surface area contributed by atoms with Gasteiger partial charge in [-0.1, -0.05) is 24.3 Å². The van der Waals surface area contributed by atoms with Gasteiger partial charge >= 0.3 is 0 Å². The van der Waals surface area contributed by atoms with Crippen LogP contribution in [0, 0.1) is 5.82 Å². The molecule has 0 aromatic heterocycles. The molecule has 0 unspecified atom stereocenters. The van der Waals surface area contributed by atoms with Gasteiger partial charge in [-0.15, -0.1) is 0 Å². The molecule has 0 radical (unpaired) electrons. The Morgan fingerprint density at radius 2 is 1.74 bits per heavy atom. The highest BCUT2D eigenvalue weighted by Crippen LogP contribution is 2.25. The number of carbonyl (C=O) groups is 2. The molecule has 2 aromatic rings. The fraction of sp³-hybridized carbons (Fsp3) is 0.0667. The van der Waals surface area contributed by atoms with Gasteiger partial charge in [0.2, 0.25) is 5.91 Å². The van der Waals surface area contributed by atoms with Crippen molar-refractivity contribution in [1.29, 1.82) is 0 Å². The number of hydrogen-bond donors (Lipinski definition) is 0.